The smallest absolute Gasteiger partial charge is 0.256 e. The molecule has 132 valence electrons. The second kappa shape index (κ2) is 7.09. The van der Waals surface area contributed by atoms with Crippen molar-refractivity contribution in [1.82, 2.24) is 4.57 Å². The van der Waals surface area contributed by atoms with E-state index in [1.54, 1.807) is 28.8 Å². The third-order valence-electron chi connectivity index (χ3n) is 4.07. The van der Waals surface area contributed by atoms with Gasteiger partial charge in [0, 0.05) is 11.5 Å². The second-order valence-corrected chi connectivity index (χ2v) is 7.51. The van der Waals surface area contributed by atoms with E-state index < -0.39 is 0 Å². The van der Waals surface area contributed by atoms with E-state index in [0.29, 0.717) is 31.1 Å². The Hall–Kier alpha value is -2.78. The summed E-state index contributed by atoms with van der Waals surface area (Å²) in [7, 11) is 0. The molecule has 1 N–H and O–H groups in total. The predicted octanol–water partition coefficient (Wildman–Crippen LogP) is 5.97. The number of aromatic nitrogens is 1. The number of nitrogens with one attached hydrogen (secondary N) is 1. The van der Waals surface area contributed by atoms with Gasteiger partial charge < -0.3 is 5.32 Å². The zero-order valence-corrected chi connectivity index (χ0v) is 16.1. The number of hydrogen-bond acceptors (Lipinski definition) is 4. The third-order valence-corrected chi connectivity index (χ3v) is 5.80. The maximum absolute atomic E-state index is 12.5. The minimum atomic E-state index is -0.165. The molecule has 0 aliphatic carbocycles. The molecule has 0 aliphatic rings. The Labute approximate surface area is 168 Å². The quantitative estimate of drug-likeness (QED) is 0.451. The third kappa shape index (κ3) is 3.08. The van der Waals surface area contributed by atoms with Crippen molar-refractivity contribution >= 4 is 56.1 Å². The molecule has 2 heterocycles. The van der Waals surface area contributed by atoms with E-state index in [2.05, 4.69) is 11.4 Å². The lowest BCUT2D eigenvalue weighted by molar-refractivity contribution is 1.06. The number of halogens is 2. The summed E-state index contributed by atoms with van der Waals surface area (Å²) in [6, 6.07) is 19.9. The van der Waals surface area contributed by atoms with Gasteiger partial charge in [-0.2, -0.15) is 5.26 Å². The Morgan fingerprint density at radius 2 is 1.63 bits per heavy atom. The summed E-state index contributed by atoms with van der Waals surface area (Å²) in [5.41, 5.74) is 1.68. The normalized spacial score (nSPS) is 10.7. The molecule has 0 unspecified atom stereocenters. The number of anilines is 2. The van der Waals surface area contributed by atoms with Crippen molar-refractivity contribution in [3.8, 4) is 11.8 Å². The van der Waals surface area contributed by atoms with Gasteiger partial charge >= 0.3 is 0 Å². The molecule has 0 amide bonds. The number of pyridine rings is 1. The van der Waals surface area contributed by atoms with Gasteiger partial charge in [-0.3, -0.25) is 9.36 Å². The molecule has 2 aromatic carbocycles. The fraction of sp³-hybridized carbons (Fsp3) is 0. The lowest BCUT2D eigenvalue weighted by Crippen LogP contribution is -2.16. The number of hydrogen-bond donors (Lipinski definition) is 1. The van der Waals surface area contributed by atoms with Gasteiger partial charge in [0.15, 0.2) is 0 Å². The molecule has 0 aliphatic heterocycles. The second-order valence-electron chi connectivity index (χ2n) is 5.70. The summed E-state index contributed by atoms with van der Waals surface area (Å²) in [5, 5.41) is 14.5. The minimum absolute atomic E-state index is 0.165. The Balaban J connectivity index is 1.98. The van der Waals surface area contributed by atoms with E-state index in [1.807, 2.05) is 30.3 Å². The standard InChI is InChI=1S/C20H11Cl2N3OS/c21-14-7-4-8-15(22)19(14)24-18-13-9-10-17(26)25(12-5-2-1-3-6-12)20(13)27-16(18)11-23/h1-10,24H. The van der Waals surface area contributed by atoms with Gasteiger partial charge in [0.1, 0.15) is 15.8 Å². The summed E-state index contributed by atoms with van der Waals surface area (Å²) in [6.45, 7) is 0. The highest BCUT2D eigenvalue weighted by Crippen LogP contribution is 2.40. The molecule has 0 bridgehead atoms. The average molecular weight is 412 g/mol. The first-order chi connectivity index (χ1) is 13.1. The van der Waals surface area contributed by atoms with Gasteiger partial charge in [0.05, 0.1) is 27.1 Å². The van der Waals surface area contributed by atoms with E-state index >= 15 is 0 Å². The van der Waals surface area contributed by atoms with Gasteiger partial charge in [-0.15, -0.1) is 11.3 Å². The van der Waals surface area contributed by atoms with Crippen LogP contribution < -0.4 is 10.9 Å². The number of rotatable bonds is 3. The molecule has 27 heavy (non-hydrogen) atoms. The summed E-state index contributed by atoms with van der Waals surface area (Å²) < 4.78 is 1.60. The van der Waals surface area contributed by atoms with Crippen LogP contribution in [0.3, 0.4) is 0 Å². The molecule has 0 radical (unpaired) electrons. The average Bonchev–Trinajstić information content (AvgIpc) is 3.02. The van der Waals surface area contributed by atoms with Gasteiger partial charge in [0.25, 0.3) is 5.56 Å². The van der Waals surface area contributed by atoms with Crippen molar-refractivity contribution in [2.45, 2.75) is 0 Å². The van der Waals surface area contributed by atoms with E-state index in [4.69, 9.17) is 23.2 Å². The zero-order chi connectivity index (χ0) is 19.0. The van der Waals surface area contributed by atoms with Crippen LogP contribution in [0.2, 0.25) is 10.0 Å². The van der Waals surface area contributed by atoms with Crippen LogP contribution in [0.1, 0.15) is 4.88 Å². The fourth-order valence-electron chi connectivity index (χ4n) is 2.85. The molecular weight excluding hydrogens is 401 g/mol. The molecule has 4 aromatic rings. The van der Waals surface area contributed by atoms with Gasteiger partial charge in [0.2, 0.25) is 0 Å². The maximum Gasteiger partial charge on any atom is 0.256 e. The number of benzene rings is 2. The maximum atomic E-state index is 12.5. The highest BCUT2D eigenvalue weighted by molar-refractivity contribution is 7.20. The van der Waals surface area contributed by atoms with Crippen LogP contribution in [0.15, 0.2) is 65.5 Å². The first-order valence-corrected chi connectivity index (χ1v) is 9.52. The molecule has 0 saturated carbocycles. The Kier molecular flexibility index (Phi) is 4.63. The molecule has 4 rings (SSSR count). The summed E-state index contributed by atoms with van der Waals surface area (Å²) in [6.07, 6.45) is 0. The SMILES string of the molecule is N#Cc1sc2c(ccc(=O)n2-c2ccccc2)c1Nc1c(Cl)cccc1Cl. The first kappa shape index (κ1) is 17.6. The van der Waals surface area contributed by atoms with Gasteiger partial charge in [-0.25, -0.2) is 0 Å². The Bertz CT molecular complexity index is 1240. The molecule has 0 spiro atoms. The zero-order valence-electron chi connectivity index (χ0n) is 13.7. The van der Waals surface area contributed by atoms with Crippen LogP contribution in [0.4, 0.5) is 11.4 Å². The van der Waals surface area contributed by atoms with Crippen molar-refractivity contribution in [2.75, 3.05) is 5.32 Å². The van der Waals surface area contributed by atoms with E-state index in [1.165, 1.54) is 17.4 Å². The lowest BCUT2D eigenvalue weighted by atomic mass is 10.2. The van der Waals surface area contributed by atoms with Crippen molar-refractivity contribution in [1.29, 1.82) is 5.26 Å². The predicted molar refractivity (Wildman–Crippen MR) is 112 cm³/mol. The van der Waals surface area contributed by atoms with Gasteiger partial charge in [-0.05, 0) is 30.3 Å². The molecule has 0 fully saturated rings. The Morgan fingerprint density at radius 1 is 0.926 bits per heavy atom. The lowest BCUT2D eigenvalue weighted by Gasteiger charge is -2.11. The molecule has 2 aromatic heterocycles. The van der Waals surface area contributed by atoms with Crippen LogP contribution in [0.5, 0.6) is 0 Å². The van der Waals surface area contributed by atoms with Crippen LogP contribution in [-0.4, -0.2) is 4.57 Å². The molecule has 0 saturated heterocycles. The fourth-order valence-corrected chi connectivity index (χ4v) is 4.41. The molecule has 0 atom stereocenters. The number of nitrogens with zero attached hydrogens (tertiary/aromatic N) is 2. The molecule has 4 nitrogen and oxygen atoms in total. The highest BCUT2D eigenvalue weighted by Gasteiger charge is 2.18. The van der Waals surface area contributed by atoms with Crippen LogP contribution in [-0.2, 0) is 0 Å². The molecular formula is C20H11Cl2N3OS. The number of thiophene rings is 1. The van der Waals surface area contributed by atoms with E-state index in [-0.39, 0.29) is 5.56 Å². The number of fused-ring (bicyclic) bond motifs is 1. The van der Waals surface area contributed by atoms with Crippen molar-refractivity contribution in [2.24, 2.45) is 0 Å². The van der Waals surface area contributed by atoms with E-state index in [0.717, 1.165) is 11.1 Å². The van der Waals surface area contributed by atoms with Crippen LogP contribution in [0.25, 0.3) is 15.9 Å². The largest absolute Gasteiger partial charge is 0.351 e. The van der Waals surface area contributed by atoms with Crippen molar-refractivity contribution in [3.63, 3.8) is 0 Å². The monoisotopic (exact) mass is 411 g/mol. The van der Waals surface area contributed by atoms with E-state index in [9.17, 15) is 10.1 Å². The summed E-state index contributed by atoms with van der Waals surface area (Å²) in [5.74, 6) is 0. The highest BCUT2D eigenvalue weighted by atomic mass is 35.5. The van der Waals surface area contributed by atoms with Crippen molar-refractivity contribution < 1.29 is 0 Å². The molecule has 7 heteroatoms. The topological polar surface area (TPSA) is 57.8 Å². The Morgan fingerprint density at radius 3 is 2.30 bits per heavy atom. The number of nitriles is 1. The number of para-hydroxylation sites is 2. The van der Waals surface area contributed by atoms with Crippen molar-refractivity contribution in [3.05, 3.63) is 85.9 Å². The van der Waals surface area contributed by atoms with Crippen LogP contribution in [0, 0.1) is 11.3 Å². The summed E-state index contributed by atoms with van der Waals surface area (Å²) in [4.78, 5) is 13.7. The minimum Gasteiger partial charge on any atom is -0.351 e. The van der Waals surface area contributed by atoms with Gasteiger partial charge in [-0.1, -0.05) is 47.5 Å². The summed E-state index contributed by atoms with van der Waals surface area (Å²) >= 11 is 13.8. The first-order valence-electron chi connectivity index (χ1n) is 7.95. The van der Waals surface area contributed by atoms with Crippen LogP contribution >= 0.6 is 34.5 Å².